The first-order valence-corrected chi connectivity index (χ1v) is 10.7. The summed E-state index contributed by atoms with van der Waals surface area (Å²) in [6.45, 7) is 2.45. The van der Waals surface area contributed by atoms with Crippen molar-refractivity contribution in [2.45, 2.75) is 64.5 Å². The number of carbonyl (C=O) groups is 1. The van der Waals surface area contributed by atoms with Crippen molar-refractivity contribution in [1.29, 1.82) is 0 Å². The van der Waals surface area contributed by atoms with Crippen LogP contribution >= 0.6 is 23.2 Å². The second kappa shape index (κ2) is 10.1. The van der Waals surface area contributed by atoms with E-state index in [0.717, 1.165) is 29.7 Å². The van der Waals surface area contributed by atoms with Crippen LogP contribution in [0.3, 0.4) is 0 Å². The first kappa shape index (κ1) is 20.9. The highest BCUT2D eigenvalue weighted by atomic mass is 35.5. The third-order valence-corrected chi connectivity index (χ3v) is 5.86. The SMILES string of the molecule is Cc1nn(Cc2ccc(Cl)cc2)c(Cl)c1/C=C/C(=O)NC1CCCCCCC1. The molecule has 4 nitrogen and oxygen atoms in total. The zero-order valence-corrected chi connectivity index (χ0v) is 17.8. The van der Waals surface area contributed by atoms with Gasteiger partial charge in [-0.15, -0.1) is 0 Å². The zero-order chi connectivity index (χ0) is 19.9. The number of benzene rings is 1. The summed E-state index contributed by atoms with van der Waals surface area (Å²) in [6.07, 6.45) is 11.7. The molecule has 1 aliphatic carbocycles. The number of carbonyl (C=O) groups excluding carboxylic acids is 1. The Hall–Kier alpha value is -1.78. The van der Waals surface area contributed by atoms with Gasteiger partial charge in [0, 0.05) is 22.7 Å². The fourth-order valence-corrected chi connectivity index (χ4v) is 4.06. The van der Waals surface area contributed by atoms with Crippen molar-refractivity contribution in [1.82, 2.24) is 15.1 Å². The Morgan fingerprint density at radius 2 is 1.79 bits per heavy atom. The summed E-state index contributed by atoms with van der Waals surface area (Å²) < 4.78 is 1.74. The van der Waals surface area contributed by atoms with Crippen LogP contribution in [-0.4, -0.2) is 21.7 Å². The Morgan fingerprint density at radius 3 is 2.46 bits per heavy atom. The molecule has 1 saturated carbocycles. The molecule has 0 spiro atoms. The number of aryl methyl sites for hydroxylation is 1. The molecule has 1 aliphatic rings. The van der Waals surface area contributed by atoms with Crippen LogP contribution < -0.4 is 5.32 Å². The predicted molar refractivity (Wildman–Crippen MR) is 116 cm³/mol. The van der Waals surface area contributed by atoms with E-state index in [4.69, 9.17) is 23.2 Å². The fraction of sp³-hybridized carbons (Fsp3) is 0.455. The van der Waals surface area contributed by atoms with Gasteiger partial charge in [0.1, 0.15) is 5.15 Å². The highest BCUT2D eigenvalue weighted by Gasteiger charge is 2.14. The molecule has 150 valence electrons. The lowest BCUT2D eigenvalue weighted by Crippen LogP contribution is -2.34. The molecule has 2 aromatic rings. The molecule has 1 fully saturated rings. The summed E-state index contributed by atoms with van der Waals surface area (Å²) in [7, 11) is 0. The van der Waals surface area contributed by atoms with Crippen LogP contribution in [0.4, 0.5) is 0 Å². The average molecular weight is 420 g/mol. The highest BCUT2D eigenvalue weighted by Crippen LogP contribution is 2.23. The van der Waals surface area contributed by atoms with E-state index in [1.807, 2.05) is 31.2 Å². The van der Waals surface area contributed by atoms with Crippen LogP contribution in [-0.2, 0) is 11.3 Å². The monoisotopic (exact) mass is 419 g/mol. The molecule has 3 rings (SSSR count). The first-order chi connectivity index (χ1) is 13.5. The maximum absolute atomic E-state index is 12.4. The summed E-state index contributed by atoms with van der Waals surface area (Å²) in [5.74, 6) is -0.0634. The molecule has 0 atom stereocenters. The standard InChI is InChI=1S/C22H27Cl2N3O/c1-16-20(13-14-21(28)25-19-7-5-3-2-4-6-8-19)22(24)27(26-16)15-17-9-11-18(23)12-10-17/h9-14,19H,2-8,15H2,1H3,(H,25,28)/b14-13+. The van der Waals surface area contributed by atoms with Crippen molar-refractivity contribution in [2.75, 3.05) is 0 Å². The van der Waals surface area contributed by atoms with Crippen molar-refractivity contribution in [3.8, 4) is 0 Å². The smallest absolute Gasteiger partial charge is 0.244 e. The average Bonchev–Trinajstić information content (AvgIpc) is 2.90. The molecule has 1 aromatic carbocycles. The van der Waals surface area contributed by atoms with E-state index in [9.17, 15) is 4.79 Å². The van der Waals surface area contributed by atoms with E-state index in [2.05, 4.69) is 10.4 Å². The second-order valence-electron chi connectivity index (χ2n) is 7.46. The van der Waals surface area contributed by atoms with Gasteiger partial charge in [0.25, 0.3) is 0 Å². The van der Waals surface area contributed by atoms with Crippen LogP contribution in [0.25, 0.3) is 6.08 Å². The van der Waals surface area contributed by atoms with Crippen molar-refractivity contribution >= 4 is 35.2 Å². The summed E-state index contributed by atoms with van der Waals surface area (Å²) in [5, 5.41) is 8.88. The molecule has 1 amide bonds. The van der Waals surface area contributed by atoms with Gasteiger partial charge in [-0.25, -0.2) is 4.68 Å². The molecule has 0 saturated heterocycles. The summed E-state index contributed by atoms with van der Waals surface area (Å²) in [5.41, 5.74) is 2.64. The highest BCUT2D eigenvalue weighted by molar-refractivity contribution is 6.31. The maximum Gasteiger partial charge on any atom is 0.244 e. The molecule has 0 aliphatic heterocycles. The minimum atomic E-state index is -0.0634. The molecule has 0 bridgehead atoms. The van der Waals surface area contributed by atoms with E-state index in [1.54, 1.807) is 16.8 Å². The van der Waals surface area contributed by atoms with Crippen molar-refractivity contribution in [2.24, 2.45) is 0 Å². The normalized spacial score (nSPS) is 16.1. The van der Waals surface area contributed by atoms with Crippen LogP contribution in [0.5, 0.6) is 0 Å². The predicted octanol–water partition coefficient (Wildman–Crippen LogP) is 5.79. The third-order valence-electron chi connectivity index (χ3n) is 5.21. The molecule has 1 N–H and O–H groups in total. The number of nitrogens with one attached hydrogen (secondary N) is 1. The van der Waals surface area contributed by atoms with Crippen LogP contribution in [0, 0.1) is 6.92 Å². The molecular formula is C22H27Cl2N3O. The van der Waals surface area contributed by atoms with Gasteiger partial charge in [0.2, 0.25) is 5.91 Å². The van der Waals surface area contributed by atoms with E-state index in [1.165, 1.54) is 32.1 Å². The van der Waals surface area contributed by atoms with Gasteiger partial charge in [0.05, 0.1) is 12.2 Å². The van der Waals surface area contributed by atoms with Crippen LogP contribution in [0.15, 0.2) is 30.3 Å². The Kier molecular flexibility index (Phi) is 7.57. The molecule has 0 unspecified atom stereocenters. The fourth-order valence-electron chi connectivity index (χ4n) is 3.63. The van der Waals surface area contributed by atoms with Gasteiger partial charge >= 0.3 is 0 Å². The van der Waals surface area contributed by atoms with Gasteiger partial charge in [-0.3, -0.25) is 4.79 Å². The molecule has 0 radical (unpaired) electrons. The molecule has 6 heteroatoms. The number of hydrogen-bond acceptors (Lipinski definition) is 2. The lowest BCUT2D eigenvalue weighted by Gasteiger charge is -2.20. The number of hydrogen-bond donors (Lipinski definition) is 1. The minimum absolute atomic E-state index is 0.0634. The van der Waals surface area contributed by atoms with Crippen LogP contribution in [0.1, 0.15) is 61.8 Å². The number of rotatable bonds is 5. The summed E-state index contributed by atoms with van der Waals surface area (Å²) in [4.78, 5) is 12.4. The molecule has 28 heavy (non-hydrogen) atoms. The van der Waals surface area contributed by atoms with Crippen molar-refractivity contribution in [3.05, 3.63) is 57.3 Å². The third kappa shape index (κ3) is 5.86. The van der Waals surface area contributed by atoms with Gasteiger partial charge < -0.3 is 5.32 Å². The van der Waals surface area contributed by atoms with Gasteiger partial charge in [-0.2, -0.15) is 5.10 Å². The Morgan fingerprint density at radius 1 is 1.14 bits per heavy atom. The maximum atomic E-state index is 12.4. The van der Waals surface area contributed by atoms with E-state index in [-0.39, 0.29) is 11.9 Å². The molecule has 1 aromatic heterocycles. The molecular weight excluding hydrogens is 393 g/mol. The first-order valence-electron chi connectivity index (χ1n) is 9.99. The van der Waals surface area contributed by atoms with Gasteiger partial charge in [0.15, 0.2) is 0 Å². The quantitative estimate of drug-likeness (QED) is 0.623. The number of aromatic nitrogens is 2. The number of nitrogens with zero attached hydrogens (tertiary/aromatic N) is 2. The molecule has 1 heterocycles. The number of halogens is 2. The Balaban J connectivity index is 1.63. The summed E-state index contributed by atoms with van der Waals surface area (Å²) >= 11 is 12.5. The van der Waals surface area contributed by atoms with Crippen molar-refractivity contribution < 1.29 is 4.79 Å². The zero-order valence-electron chi connectivity index (χ0n) is 16.3. The Labute approximate surface area is 176 Å². The van der Waals surface area contributed by atoms with Crippen LogP contribution in [0.2, 0.25) is 10.2 Å². The Bertz CT molecular complexity index is 819. The van der Waals surface area contributed by atoms with Crippen molar-refractivity contribution in [3.63, 3.8) is 0 Å². The van der Waals surface area contributed by atoms with Gasteiger partial charge in [-0.05, 0) is 43.5 Å². The number of amides is 1. The minimum Gasteiger partial charge on any atom is -0.350 e. The second-order valence-corrected chi connectivity index (χ2v) is 8.25. The van der Waals surface area contributed by atoms with E-state index in [0.29, 0.717) is 16.7 Å². The summed E-state index contributed by atoms with van der Waals surface area (Å²) in [6, 6.07) is 7.88. The van der Waals surface area contributed by atoms with E-state index >= 15 is 0 Å². The lowest BCUT2D eigenvalue weighted by atomic mass is 9.97. The largest absolute Gasteiger partial charge is 0.350 e. The van der Waals surface area contributed by atoms with E-state index < -0.39 is 0 Å². The topological polar surface area (TPSA) is 46.9 Å². The lowest BCUT2D eigenvalue weighted by molar-refractivity contribution is -0.117. The van der Waals surface area contributed by atoms with Gasteiger partial charge in [-0.1, -0.05) is 67.4 Å².